The molecule has 0 fully saturated rings. The largest absolute Gasteiger partial charge is 0.441 e. The average Bonchev–Trinajstić information content (AvgIpc) is 2.60. The summed E-state index contributed by atoms with van der Waals surface area (Å²) >= 11 is 0. The second-order valence-electron chi connectivity index (χ2n) is 4.44. The molecule has 5 nitrogen and oxygen atoms in total. The van der Waals surface area contributed by atoms with Gasteiger partial charge in [-0.15, -0.1) is 0 Å². The highest BCUT2D eigenvalue weighted by Gasteiger charge is 2.39. The minimum absolute atomic E-state index is 0.363. The Labute approximate surface area is 129 Å². The van der Waals surface area contributed by atoms with Gasteiger partial charge in [-0.2, -0.15) is 0 Å². The smallest absolute Gasteiger partial charge is 0.375 e. The van der Waals surface area contributed by atoms with Crippen LogP contribution in [-0.4, -0.2) is 20.2 Å². The van der Waals surface area contributed by atoms with E-state index in [1.807, 2.05) is 6.07 Å². The number of benzene rings is 2. The summed E-state index contributed by atoms with van der Waals surface area (Å²) in [7, 11) is -1.11. The first kappa shape index (κ1) is 16.4. The van der Waals surface area contributed by atoms with Gasteiger partial charge in [0.05, 0.1) is 5.56 Å². The minimum Gasteiger partial charge on any atom is -0.441 e. The zero-order valence-electron chi connectivity index (χ0n) is 12.3. The van der Waals surface area contributed by atoms with Crippen molar-refractivity contribution in [3.8, 4) is 0 Å². The van der Waals surface area contributed by atoms with Crippen LogP contribution in [0, 0.1) is 0 Å². The van der Waals surface area contributed by atoms with Gasteiger partial charge in [-0.05, 0) is 12.1 Å². The Morgan fingerprint density at radius 2 is 1.41 bits per heavy atom. The van der Waals surface area contributed by atoms with Crippen LogP contribution in [0.5, 0.6) is 0 Å². The highest BCUT2D eigenvalue weighted by molar-refractivity contribution is 7.54. The number of hydrogen-bond donors (Lipinski definition) is 0. The van der Waals surface area contributed by atoms with E-state index < -0.39 is 19.4 Å². The molecule has 0 N–H and O–H groups in total. The average molecular weight is 320 g/mol. The van der Waals surface area contributed by atoms with Crippen molar-refractivity contribution in [2.75, 3.05) is 14.2 Å². The summed E-state index contributed by atoms with van der Waals surface area (Å²) in [6.07, 6.45) is 0. The Morgan fingerprint density at radius 1 is 0.909 bits per heavy atom. The van der Waals surface area contributed by atoms with Gasteiger partial charge in [-0.25, -0.2) is 4.79 Å². The molecule has 0 amide bonds. The summed E-state index contributed by atoms with van der Waals surface area (Å²) in [5.41, 5.74) is 0.904. The fourth-order valence-corrected chi connectivity index (χ4v) is 3.24. The Morgan fingerprint density at radius 3 is 1.91 bits per heavy atom. The van der Waals surface area contributed by atoms with Gasteiger partial charge in [0.25, 0.3) is 0 Å². The van der Waals surface area contributed by atoms with E-state index in [9.17, 15) is 9.36 Å². The van der Waals surface area contributed by atoms with Gasteiger partial charge in [0.2, 0.25) is 5.85 Å². The number of carbonyl (C=O) groups excluding carboxylic acids is 1. The molecule has 0 spiro atoms. The third-order valence-corrected chi connectivity index (χ3v) is 5.10. The molecule has 0 aliphatic heterocycles. The molecular weight excluding hydrogens is 303 g/mol. The van der Waals surface area contributed by atoms with Crippen LogP contribution in [0.2, 0.25) is 0 Å². The number of esters is 1. The van der Waals surface area contributed by atoms with Crippen LogP contribution in [0.4, 0.5) is 0 Å². The van der Waals surface area contributed by atoms with Crippen molar-refractivity contribution in [2.45, 2.75) is 5.85 Å². The van der Waals surface area contributed by atoms with Crippen molar-refractivity contribution in [2.24, 2.45) is 0 Å². The van der Waals surface area contributed by atoms with Crippen LogP contribution in [0.1, 0.15) is 21.8 Å². The van der Waals surface area contributed by atoms with Crippen LogP contribution < -0.4 is 0 Å². The van der Waals surface area contributed by atoms with E-state index in [0.717, 1.165) is 0 Å². The summed E-state index contributed by atoms with van der Waals surface area (Å²) in [4.78, 5) is 12.3. The highest BCUT2D eigenvalue weighted by Crippen LogP contribution is 2.60. The lowest BCUT2D eigenvalue weighted by Crippen LogP contribution is -2.14. The van der Waals surface area contributed by atoms with Crippen molar-refractivity contribution >= 4 is 13.6 Å². The number of ether oxygens (including phenoxy) is 1. The molecule has 0 bridgehead atoms. The SMILES string of the molecule is COP(=O)(OC)C(OC(=O)c1ccccc1)c1ccccc1. The van der Waals surface area contributed by atoms with Crippen LogP contribution in [0.15, 0.2) is 60.7 Å². The van der Waals surface area contributed by atoms with Crippen LogP contribution in [0.3, 0.4) is 0 Å². The summed E-state index contributed by atoms with van der Waals surface area (Å²) in [6.45, 7) is 0. The molecule has 2 rings (SSSR count). The van der Waals surface area contributed by atoms with Crippen LogP contribution in [0.25, 0.3) is 0 Å². The first-order chi connectivity index (χ1) is 10.6. The van der Waals surface area contributed by atoms with Crippen molar-refractivity contribution in [1.82, 2.24) is 0 Å². The minimum atomic E-state index is -3.63. The summed E-state index contributed by atoms with van der Waals surface area (Å²) in [5.74, 6) is -1.72. The van der Waals surface area contributed by atoms with Crippen molar-refractivity contribution in [1.29, 1.82) is 0 Å². The maximum absolute atomic E-state index is 12.7. The molecule has 1 atom stereocenters. The molecule has 0 saturated carbocycles. The van der Waals surface area contributed by atoms with E-state index in [4.69, 9.17) is 13.8 Å². The van der Waals surface area contributed by atoms with E-state index >= 15 is 0 Å². The maximum atomic E-state index is 12.7. The van der Waals surface area contributed by atoms with Gasteiger partial charge >= 0.3 is 13.6 Å². The second kappa shape index (κ2) is 7.36. The molecule has 0 aliphatic rings. The van der Waals surface area contributed by atoms with Gasteiger partial charge in [0.1, 0.15) is 0 Å². The fraction of sp³-hybridized carbons (Fsp3) is 0.188. The molecule has 0 aromatic heterocycles. The molecule has 0 aliphatic carbocycles. The molecular formula is C16H17O5P. The Hall–Kier alpha value is -1.94. The number of rotatable bonds is 6. The molecule has 0 saturated heterocycles. The lowest BCUT2D eigenvalue weighted by atomic mass is 10.2. The van der Waals surface area contributed by atoms with Gasteiger partial charge in [-0.1, -0.05) is 48.5 Å². The summed E-state index contributed by atoms with van der Waals surface area (Å²) < 4.78 is 28.1. The van der Waals surface area contributed by atoms with Crippen molar-refractivity contribution < 1.29 is 23.1 Å². The van der Waals surface area contributed by atoms with E-state index in [-0.39, 0.29) is 0 Å². The fourth-order valence-electron chi connectivity index (χ4n) is 1.94. The van der Waals surface area contributed by atoms with Gasteiger partial charge < -0.3 is 13.8 Å². The zero-order valence-corrected chi connectivity index (χ0v) is 13.2. The van der Waals surface area contributed by atoms with Crippen molar-refractivity contribution in [3.05, 3.63) is 71.8 Å². The molecule has 0 radical (unpaired) electrons. The second-order valence-corrected chi connectivity index (χ2v) is 6.72. The lowest BCUT2D eigenvalue weighted by molar-refractivity contribution is 0.0381. The third kappa shape index (κ3) is 3.63. The monoisotopic (exact) mass is 320 g/mol. The predicted octanol–water partition coefficient (Wildman–Crippen LogP) is 4.03. The quantitative estimate of drug-likeness (QED) is 0.594. The molecule has 2 aromatic carbocycles. The Balaban J connectivity index is 2.34. The van der Waals surface area contributed by atoms with Crippen LogP contribution >= 0.6 is 7.60 Å². The molecule has 1 unspecified atom stereocenters. The zero-order chi connectivity index (χ0) is 16.0. The number of hydrogen-bond acceptors (Lipinski definition) is 5. The molecule has 6 heteroatoms. The topological polar surface area (TPSA) is 61.8 Å². The van der Waals surface area contributed by atoms with E-state index in [1.54, 1.807) is 54.6 Å². The summed E-state index contributed by atoms with van der Waals surface area (Å²) in [5, 5.41) is 0. The van der Waals surface area contributed by atoms with E-state index in [0.29, 0.717) is 11.1 Å². The Kier molecular flexibility index (Phi) is 5.50. The van der Waals surface area contributed by atoms with Gasteiger partial charge in [0, 0.05) is 19.8 Å². The van der Waals surface area contributed by atoms with Gasteiger partial charge in [0.15, 0.2) is 0 Å². The molecule has 22 heavy (non-hydrogen) atoms. The Bertz CT molecular complexity index is 649. The predicted molar refractivity (Wildman–Crippen MR) is 82.7 cm³/mol. The third-order valence-electron chi connectivity index (χ3n) is 3.11. The summed E-state index contributed by atoms with van der Waals surface area (Å²) in [6, 6.07) is 17.2. The maximum Gasteiger partial charge on any atom is 0.375 e. The normalized spacial score (nSPS) is 12.6. The molecule has 2 aromatic rings. The van der Waals surface area contributed by atoms with Crippen molar-refractivity contribution in [3.63, 3.8) is 0 Å². The first-order valence-electron chi connectivity index (χ1n) is 6.63. The molecule has 0 heterocycles. The standard InChI is InChI=1S/C16H17O5P/c1-19-22(18,20-2)16(14-11-7-4-8-12-14)21-15(17)13-9-5-3-6-10-13/h3-12,16H,1-2H3. The van der Waals surface area contributed by atoms with Gasteiger partial charge in [-0.3, -0.25) is 4.57 Å². The number of carbonyl (C=O) groups is 1. The van der Waals surface area contributed by atoms with Crippen LogP contribution in [-0.2, 0) is 18.3 Å². The highest BCUT2D eigenvalue weighted by atomic mass is 31.2. The van der Waals surface area contributed by atoms with E-state index in [1.165, 1.54) is 14.2 Å². The molecule has 116 valence electrons. The van der Waals surface area contributed by atoms with E-state index in [2.05, 4.69) is 0 Å². The first-order valence-corrected chi connectivity index (χ1v) is 8.24. The lowest BCUT2D eigenvalue weighted by Gasteiger charge is -2.24.